The van der Waals surface area contributed by atoms with E-state index >= 15 is 0 Å². The van der Waals surface area contributed by atoms with E-state index in [9.17, 15) is 13.2 Å². The summed E-state index contributed by atoms with van der Waals surface area (Å²) in [4.78, 5) is 20.2. The number of anilines is 1. The highest BCUT2D eigenvalue weighted by molar-refractivity contribution is 7.89. The smallest absolute Gasteiger partial charge is 0.253 e. The molecule has 32 heavy (non-hydrogen) atoms. The number of ether oxygens (including phenoxy) is 1. The van der Waals surface area contributed by atoms with Crippen LogP contribution in [-0.4, -0.2) is 115 Å². The minimum atomic E-state index is -3.63. The van der Waals surface area contributed by atoms with E-state index in [0.717, 1.165) is 55.7 Å². The Morgan fingerprint density at radius 3 is 2.34 bits per heavy atom. The molecule has 0 aromatic heterocycles. The lowest BCUT2D eigenvalue weighted by atomic mass is 10.1. The largest absolute Gasteiger partial charge is 0.378 e. The number of hydrogen-bond acceptors (Lipinski definition) is 7. The summed E-state index contributed by atoms with van der Waals surface area (Å²) in [6.07, 6.45) is 0.862. The number of likely N-dealkylation sites (N-methyl/N-ethyl adjacent to an activating group) is 1. The number of carbonyl (C=O) groups is 1. The van der Waals surface area contributed by atoms with Crippen LogP contribution in [0.4, 0.5) is 5.69 Å². The molecule has 2 aliphatic heterocycles. The second-order valence-corrected chi connectivity index (χ2v) is 10.6. The van der Waals surface area contributed by atoms with Gasteiger partial charge in [-0.15, -0.1) is 0 Å². The number of hydrogen-bond donors (Lipinski definition) is 1. The first-order valence-corrected chi connectivity index (χ1v) is 12.9. The van der Waals surface area contributed by atoms with Gasteiger partial charge in [-0.25, -0.2) is 12.7 Å². The van der Waals surface area contributed by atoms with E-state index in [-0.39, 0.29) is 10.8 Å². The van der Waals surface area contributed by atoms with E-state index < -0.39 is 10.0 Å². The Hall–Kier alpha value is -1.72. The van der Waals surface area contributed by atoms with Crippen LogP contribution in [0, 0.1) is 0 Å². The number of nitrogens with zero attached hydrogens (tertiary/aromatic N) is 4. The van der Waals surface area contributed by atoms with Crippen molar-refractivity contribution in [2.24, 2.45) is 0 Å². The van der Waals surface area contributed by atoms with Gasteiger partial charge in [0, 0.05) is 65.6 Å². The van der Waals surface area contributed by atoms with Crippen molar-refractivity contribution in [3.63, 3.8) is 0 Å². The van der Waals surface area contributed by atoms with E-state index in [1.54, 1.807) is 12.1 Å². The molecular weight excluding hydrogens is 430 g/mol. The van der Waals surface area contributed by atoms with Crippen molar-refractivity contribution >= 4 is 21.6 Å². The summed E-state index contributed by atoms with van der Waals surface area (Å²) < 4.78 is 31.8. The van der Waals surface area contributed by atoms with Gasteiger partial charge in [0.25, 0.3) is 5.91 Å². The number of carbonyl (C=O) groups excluding carboxylic acids is 1. The Bertz CT molecular complexity index is 863. The second kappa shape index (κ2) is 11.4. The van der Waals surface area contributed by atoms with Crippen molar-refractivity contribution in [2.45, 2.75) is 18.2 Å². The van der Waals surface area contributed by atoms with Gasteiger partial charge in [-0.3, -0.25) is 4.79 Å². The normalized spacial score (nSPS) is 18.8. The summed E-state index contributed by atoms with van der Waals surface area (Å²) in [5, 5.41) is 3.00. The van der Waals surface area contributed by atoms with Gasteiger partial charge >= 0.3 is 0 Å². The van der Waals surface area contributed by atoms with Crippen LogP contribution in [0.3, 0.4) is 0 Å². The van der Waals surface area contributed by atoms with Crippen LogP contribution < -0.4 is 10.2 Å². The van der Waals surface area contributed by atoms with Crippen LogP contribution in [-0.2, 0) is 14.8 Å². The van der Waals surface area contributed by atoms with E-state index in [1.165, 1.54) is 20.2 Å². The maximum Gasteiger partial charge on any atom is 0.253 e. The molecule has 0 aliphatic carbocycles. The zero-order valence-corrected chi connectivity index (χ0v) is 20.4. The van der Waals surface area contributed by atoms with E-state index in [4.69, 9.17) is 4.74 Å². The molecule has 0 saturated carbocycles. The molecule has 9 nitrogen and oxygen atoms in total. The minimum Gasteiger partial charge on any atom is -0.378 e. The van der Waals surface area contributed by atoms with Crippen LogP contribution in [0.15, 0.2) is 23.1 Å². The van der Waals surface area contributed by atoms with Crippen LogP contribution in [0.1, 0.15) is 23.7 Å². The van der Waals surface area contributed by atoms with Crippen LogP contribution in [0.25, 0.3) is 0 Å². The predicted octanol–water partition coefficient (Wildman–Crippen LogP) is 0.531. The SMILES string of the molecule is CCN1CCN(CCCNC(=O)c2cc(S(=O)(=O)N(C)C)ccc2N2CCOCC2)CC1. The van der Waals surface area contributed by atoms with Crippen molar-refractivity contribution in [1.82, 2.24) is 19.4 Å². The Kier molecular flexibility index (Phi) is 8.89. The average Bonchev–Trinajstić information content (AvgIpc) is 2.82. The first-order valence-electron chi connectivity index (χ1n) is 11.4. The second-order valence-electron chi connectivity index (χ2n) is 8.45. The molecule has 0 bridgehead atoms. The number of piperazine rings is 1. The highest BCUT2D eigenvalue weighted by Gasteiger charge is 2.24. The molecule has 0 unspecified atom stereocenters. The van der Waals surface area contributed by atoms with Crippen LogP contribution in [0.5, 0.6) is 0 Å². The van der Waals surface area contributed by atoms with Gasteiger partial charge in [0.15, 0.2) is 0 Å². The van der Waals surface area contributed by atoms with Gasteiger partial charge in [-0.2, -0.15) is 0 Å². The molecule has 3 rings (SSSR count). The number of rotatable bonds is 9. The maximum atomic E-state index is 13.1. The average molecular weight is 468 g/mol. The number of amides is 1. The molecule has 180 valence electrons. The molecule has 2 fully saturated rings. The van der Waals surface area contributed by atoms with Gasteiger partial charge < -0.3 is 24.8 Å². The molecule has 10 heteroatoms. The monoisotopic (exact) mass is 467 g/mol. The van der Waals surface area contributed by atoms with Crippen molar-refractivity contribution in [3.8, 4) is 0 Å². The number of morpholine rings is 1. The lowest BCUT2D eigenvalue weighted by molar-refractivity contribution is 0.0946. The number of nitrogens with one attached hydrogen (secondary N) is 1. The maximum absolute atomic E-state index is 13.1. The Morgan fingerprint density at radius 1 is 1.06 bits per heavy atom. The zero-order valence-electron chi connectivity index (χ0n) is 19.5. The van der Waals surface area contributed by atoms with Crippen LogP contribution >= 0.6 is 0 Å². The molecule has 1 N–H and O–H groups in total. The molecule has 0 atom stereocenters. The zero-order chi connectivity index (χ0) is 23.1. The van der Waals surface area contributed by atoms with Gasteiger partial charge in [0.1, 0.15) is 0 Å². The van der Waals surface area contributed by atoms with E-state index in [0.29, 0.717) is 38.4 Å². The van der Waals surface area contributed by atoms with Crippen molar-refractivity contribution in [1.29, 1.82) is 0 Å². The molecule has 2 aliphatic rings. The predicted molar refractivity (Wildman–Crippen MR) is 126 cm³/mol. The first-order chi connectivity index (χ1) is 15.3. The number of benzene rings is 1. The fourth-order valence-electron chi connectivity index (χ4n) is 4.08. The molecule has 1 aromatic rings. The van der Waals surface area contributed by atoms with Crippen molar-refractivity contribution in [3.05, 3.63) is 23.8 Å². The fourth-order valence-corrected chi connectivity index (χ4v) is 5.01. The molecule has 1 aromatic carbocycles. The molecule has 1 amide bonds. The van der Waals surface area contributed by atoms with E-state index in [1.807, 2.05) is 0 Å². The molecule has 2 saturated heterocycles. The van der Waals surface area contributed by atoms with Gasteiger partial charge in [-0.1, -0.05) is 6.92 Å². The van der Waals surface area contributed by atoms with Crippen LogP contribution in [0.2, 0.25) is 0 Å². The molecular formula is C22H37N5O4S. The summed E-state index contributed by atoms with van der Waals surface area (Å²) >= 11 is 0. The fraction of sp³-hybridized carbons (Fsp3) is 0.682. The molecule has 0 radical (unpaired) electrons. The Labute approximate surface area is 192 Å². The molecule has 0 spiro atoms. The Balaban J connectivity index is 1.65. The van der Waals surface area contributed by atoms with Gasteiger partial charge in [0.2, 0.25) is 10.0 Å². The Morgan fingerprint density at radius 2 is 1.72 bits per heavy atom. The van der Waals surface area contributed by atoms with Gasteiger partial charge in [0.05, 0.1) is 23.7 Å². The highest BCUT2D eigenvalue weighted by atomic mass is 32.2. The summed E-state index contributed by atoms with van der Waals surface area (Å²) in [7, 11) is -0.645. The third-order valence-electron chi connectivity index (χ3n) is 6.19. The summed E-state index contributed by atoms with van der Waals surface area (Å²) in [6.45, 7) is 11.6. The summed E-state index contributed by atoms with van der Waals surface area (Å²) in [5.74, 6) is -0.238. The van der Waals surface area contributed by atoms with Crippen molar-refractivity contribution in [2.75, 3.05) is 91.1 Å². The topological polar surface area (TPSA) is 85.4 Å². The lowest BCUT2D eigenvalue weighted by Gasteiger charge is -2.34. The lowest BCUT2D eigenvalue weighted by Crippen LogP contribution is -2.46. The number of sulfonamides is 1. The summed E-state index contributed by atoms with van der Waals surface area (Å²) in [5.41, 5.74) is 1.14. The standard InChI is InChI=1S/C22H37N5O4S/c1-4-25-10-12-26(13-11-25)9-5-8-23-22(28)20-18-19(32(29,30)24(2)3)6-7-21(20)27-14-16-31-17-15-27/h6-7,18H,4-5,8-17H2,1-3H3,(H,23,28). The highest BCUT2D eigenvalue weighted by Crippen LogP contribution is 2.26. The quantitative estimate of drug-likeness (QED) is 0.531. The third-order valence-corrected chi connectivity index (χ3v) is 8.00. The summed E-state index contributed by atoms with van der Waals surface area (Å²) in [6, 6.07) is 4.82. The minimum absolute atomic E-state index is 0.124. The van der Waals surface area contributed by atoms with E-state index in [2.05, 4.69) is 26.9 Å². The third kappa shape index (κ3) is 6.20. The molecule has 2 heterocycles. The van der Waals surface area contributed by atoms with Gasteiger partial charge in [-0.05, 0) is 37.7 Å². The van der Waals surface area contributed by atoms with Crippen molar-refractivity contribution < 1.29 is 17.9 Å². The first kappa shape index (κ1) is 24.9.